The highest BCUT2D eigenvalue weighted by Crippen LogP contribution is 2.23. The second kappa shape index (κ2) is 6.09. The number of rotatable bonds is 3. The molecule has 0 aromatic heterocycles. The predicted molar refractivity (Wildman–Crippen MR) is 64.8 cm³/mol. The molecule has 0 amide bonds. The monoisotopic (exact) mass is 208 g/mol. The van der Waals surface area contributed by atoms with Gasteiger partial charge in [0.15, 0.2) is 5.78 Å². The SMILES string of the molecule is CC(C)C(C)C(=O)/C1=C/CCCCCC1. The Kier molecular flexibility index (Phi) is 5.07. The third-order valence-corrected chi connectivity index (χ3v) is 3.52. The third kappa shape index (κ3) is 3.81. The van der Waals surface area contributed by atoms with Crippen LogP contribution in [0.4, 0.5) is 0 Å². The van der Waals surface area contributed by atoms with E-state index in [-0.39, 0.29) is 5.92 Å². The molecule has 1 aliphatic rings. The lowest BCUT2D eigenvalue weighted by atomic mass is 9.86. The van der Waals surface area contributed by atoms with Crippen LogP contribution in [0.1, 0.15) is 59.3 Å². The van der Waals surface area contributed by atoms with Crippen LogP contribution in [0.5, 0.6) is 0 Å². The molecule has 1 nitrogen and oxygen atoms in total. The fourth-order valence-electron chi connectivity index (χ4n) is 2.01. The molecule has 0 heterocycles. The molecule has 0 bridgehead atoms. The fraction of sp³-hybridized carbons (Fsp3) is 0.786. The Hall–Kier alpha value is -0.590. The summed E-state index contributed by atoms with van der Waals surface area (Å²) in [5.74, 6) is 1.05. The minimum Gasteiger partial charge on any atom is -0.294 e. The number of hydrogen-bond acceptors (Lipinski definition) is 1. The molecule has 0 spiro atoms. The van der Waals surface area contributed by atoms with Gasteiger partial charge in [0.2, 0.25) is 0 Å². The van der Waals surface area contributed by atoms with Crippen LogP contribution < -0.4 is 0 Å². The Balaban J connectivity index is 2.63. The first-order valence-corrected chi connectivity index (χ1v) is 6.36. The summed E-state index contributed by atoms with van der Waals surface area (Å²) in [7, 11) is 0. The highest BCUT2D eigenvalue weighted by Gasteiger charge is 2.20. The number of Topliss-reactive ketones (excluding diaryl/α,β-unsaturated/α-hetero) is 1. The molecule has 0 saturated carbocycles. The molecule has 15 heavy (non-hydrogen) atoms. The van der Waals surface area contributed by atoms with E-state index in [0.717, 1.165) is 18.4 Å². The van der Waals surface area contributed by atoms with E-state index in [1.54, 1.807) is 0 Å². The van der Waals surface area contributed by atoms with Crippen molar-refractivity contribution in [3.05, 3.63) is 11.6 Å². The van der Waals surface area contributed by atoms with Crippen LogP contribution in [0, 0.1) is 11.8 Å². The van der Waals surface area contributed by atoms with Gasteiger partial charge in [-0.3, -0.25) is 4.79 Å². The molecule has 0 N–H and O–H groups in total. The maximum Gasteiger partial charge on any atom is 0.161 e. The van der Waals surface area contributed by atoms with Crippen LogP contribution >= 0.6 is 0 Å². The molecule has 0 radical (unpaired) electrons. The molecule has 0 aliphatic heterocycles. The first kappa shape index (κ1) is 12.5. The van der Waals surface area contributed by atoms with Gasteiger partial charge >= 0.3 is 0 Å². The molecule has 1 heteroatoms. The predicted octanol–water partition coefficient (Wildman–Crippen LogP) is 4.13. The summed E-state index contributed by atoms with van der Waals surface area (Å²) in [6, 6.07) is 0. The normalized spacial score (nSPS) is 23.9. The highest BCUT2D eigenvalue weighted by atomic mass is 16.1. The summed E-state index contributed by atoms with van der Waals surface area (Å²) >= 11 is 0. The Bertz CT molecular complexity index is 238. The van der Waals surface area contributed by atoms with Crippen LogP contribution in [-0.2, 0) is 4.79 Å². The van der Waals surface area contributed by atoms with Crippen molar-refractivity contribution in [3.63, 3.8) is 0 Å². The van der Waals surface area contributed by atoms with Crippen molar-refractivity contribution >= 4 is 5.78 Å². The number of allylic oxidation sites excluding steroid dienone is 2. The third-order valence-electron chi connectivity index (χ3n) is 3.52. The second-order valence-electron chi connectivity index (χ2n) is 5.08. The molecule has 1 aliphatic carbocycles. The molecular weight excluding hydrogens is 184 g/mol. The van der Waals surface area contributed by atoms with Crippen molar-refractivity contribution in [2.45, 2.75) is 59.3 Å². The Labute approximate surface area is 93.9 Å². The topological polar surface area (TPSA) is 17.1 Å². The molecule has 0 saturated heterocycles. The molecule has 1 atom stereocenters. The number of carbonyl (C=O) groups excluding carboxylic acids is 1. The first-order valence-electron chi connectivity index (χ1n) is 6.36. The summed E-state index contributed by atoms with van der Waals surface area (Å²) in [5, 5.41) is 0. The lowest BCUT2D eigenvalue weighted by Crippen LogP contribution is -2.19. The second-order valence-corrected chi connectivity index (χ2v) is 5.08. The zero-order valence-electron chi connectivity index (χ0n) is 10.4. The van der Waals surface area contributed by atoms with Crippen LogP contribution in [0.25, 0.3) is 0 Å². The highest BCUT2D eigenvalue weighted by molar-refractivity contribution is 5.97. The summed E-state index contributed by atoms with van der Waals surface area (Å²) in [6.45, 7) is 6.32. The van der Waals surface area contributed by atoms with E-state index in [1.807, 2.05) is 0 Å². The summed E-state index contributed by atoms with van der Waals surface area (Å²) in [4.78, 5) is 12.1. The largest absolute Gasteiger partial charge is 0.294 e. The zero-order valence-corrected chi connectivity index (χ0v) is 10.4. The van der Waals surface area contributed by atoms with Gasteiger partial charge in [0.1, 0.15) is 0 Å². The molecular formula is C14H24O. The average molecular weight is 208 g/mol. The minimum absolute atomic E-state index is 0.190. The van der Waals surface area contributed by atoms with E-state index in [0.29, 0.717) is 11.7 Å². The van der Waals surface area contributed by atoms with Crippen molar-refractivity contribution in [1.82, 2.24) is 0 Å². The lowest BCUT2D eigenvalue weighted by molar-refractivity contribution is -0.120. The van der Waals surface area contributed by atoms with E-state index in [9.17, 15) is 4.79 Å². The minimum atomic E-state index is 0.190. The Morgan fingerprint density at radius 2 is 1.80 bits per heavy atom. The van der Waals surface area contributed by atoms with Gasteiger partial charge in [-0.15, -0.1) is 0 Å². The molecule has 1 rings (SSSR count). The Morgan fingerprint density at radius 3 is 2.47 bits per heavy atom. The van der Waals surface area contributed by atoms with Gasteiger partial charge in [0.05, 0.1) is 0 Å². The van der Waals surface area contributed by atoms with E-state index in [1.165, 1.54) is 25.7 Å². The smallest absolute Gasteiger partial charge is 0.161 e. The molecule has 1 unspecified atom stereocenters. The van der Waals surface area contributed by atoms with Gasteiger partial charge in [-0.1, -0.05) is 39.7 Å². The van der Waals surface area contributed by atoms with Crippen LogP contribution in [0.15, 0.2) is 11.6 Å². The standard InChI is InChI=1S/C14H24O/c1-11(2)12(3)14(15)13-9-7-5-4-6-8-10-13/h9,11-12H,4-8,10H2,1-3H3/b13-9+. The summed E-state index contributed by atoms with van der Waals surface area (Å²) in [5.41, 5.74) is 1.11. The van der Waals surface area contributed by atoms with Gasteiger partial charge < -0.3 is 0 Å². The van der Waals surface area contributed by atoms with Crippen molar-refractivity contribution < 1.29 is 4.79 Å². The molecule has 0 aromatic rings. The van der Waals surface area contributed by atoms with Crippen molar-refractivity contribution in [2.75, 3.05) is 0 Å². The zero-order chi connectivity index (χ0) is 11.3. The van der Waals surface area contributed by atoms with Gasteiger partial charge in [0, 0.05) is 5.92 Å². The van der Waals surface area contributed by atoms with E-state index in [4.69, 9.17) is 0 Å². The van der Waals surface area contributed by atoms with E-state index >= 15 is 0 Å². The van der Waals surface area contributed by atoms with Crippen molar-refractivity contribution in [2.24, 2.45) is 11.8 Å². The maximum atomic E-state index is 12.1. The molecule has 86 valence electrons. The van der Waals surface area contributed by atoms with Crippen molar-refractivity contribution in [3.8, 4) is 0 Å². The molecule has 0 fully saturated rings. The van der Waals surface area contributed by atoms with Crippen LogP contribution in [0.2, 0.25) is 0 Å². The Morgan fingerprint density at radius 1 is 1.13 bits per heavy atom. The maximum absolute atomic E-state index is 12.1. The van der Waals surface area contributed by atoms with E-state index < -0.39 is 0 Å². The summed E-state index contributed by atoms with van der Waals surface area (Å²) in [6.07, 6.45) is 9.38. The van der Waals surface area contributed by atoms with Gasteiger partial charge in [-0.25, -0.2) is 0 Å². The van der Waals surface area contributed by atoms with Gasteiger partial charge in [-0.05, 0) is 37.2 Å². The quantitative estimate of drug-likeness (QED) is 0.681. The summed E-state index contributed by atoms with van der Waals surface area (Å²) < 4.78 is 0. The number of carbonyl (C=O) groups is 1. The average Bonchev–Trinajstić information content (AvgIpc) is 2.15. The van der Waals surface area contributed by atoms with E-state index in [2.05, 4.69) is 26.8 Å². The first-order chi connectivity index (χ1) is 7.13. The van der Waals surface area contributed by atoms with Crippen LogP contribution in [-0.4, -0.2) is 5.78 Å². The van der Waals surface area contributed by atoms with Crippen molar-refractivity contribution in [1.29, 1.82) is 0 Å². The number of ketones is 1. The fourth-order valence-corrected chi connectivity index (χ4v) is 2.01. The van der Waals surface area contributed by atoms with Gasteiger partial charge in [0.25, 0.3) is 0 Å². The lowest BCUT2D eigenvalue weighted by Gasteiger charge is -2.17. The van der Waals surface area contributed by atoms with Crippen LogP contribution in [0.3, 0.4) is 0 Å². The molecule has 0 aromatic carbocycles. The number of hydrogen-bond donors (Lipinski definition) is 0. The van der Waals surface area contributed by atoms with Gasteiger partial charge in [-0.2, -0.15) is 0 Å².